The Hall–Kier alpha value is -4.54. The Morgan fingerprint density at radius 2 is 1.90 bits per heavy atom. The highest BCUT2D eigenvalue weighted by atomic mass is 16.2. The van der Waals surface area contributed by atoms with Crippen molar-refractivity contribution in [3.8, 4) is 5.69 Å². The van der Waals surface area contributed by atoms with Crippen molar-refractivity contribution in [1.29, 1.82) is 0 Å². The SMILES string of the molecule is Cc1c(C(=O)N[C@@H]2CN(c3ccc4nccn4n3)CC2C=NC(=O)C2CCC2)c(=O)n(-c2ccccc2)n1C. The molecular formula is C28H30N8O3. The van der Waals surface area contributed by atoms with Crippen LogP contribution >= 0.6 is 0 Å². The molecule has 2 atom stereocenters. The maximum atomic E-state index is 13.6. The number of benzene rings is 1. The third-order valence-corrected chi connectivity index (χ3v) is 7.88. The monoisotopic (exact) mass is 526 g/mol. The zero-order valence-electron chi connectivity index (χ0n) is 21.9. The van der Waals surface area contributed by atoms with Gasteiger partial charge in [-0.1, -0.05) is 24.6 Å². The molecule has 4 aromatic rings. The second-order valence-electron chi connectivity index (χ2n) is 10.3. The Bertz CT molecular complexity index is 1630. The van der Waals surface area contributed by atoms with Gasteiger partial charge in [0.1, 0.15) is 11.4 Å². The molecule has 1 N–H and O–H groups in total. The van der Waals surface area contributed by atoms with Gasteiger partial charge in [-0.05, 0) is 44.0 Å². The number of para-hydroxylation sites is 1. The first kappa shape index (κ1) is 24.8. The smallest absolute Gasteiger partial charge is 0.284 e. The van der Waals surface area contributed by atoms with Crippen LogP contribution in [0.5, 0.6) is 0 Å². The largest absolute Gasteiger partial charge is 0.352 e. The van der Waals surface area contributed by atoms with E-state index in [0.717, 1.165) is 30.7 Å². The van der Waals surface area contributed by atoms with Crippen LogP contribution in [0.2, 0.25) is 0 Å². The number of imidazole rings is 1. The van der Waals surface area contributed by atoms with Crippen molar-refractivity contribution >= 4 is 29.5 Å². The van der Waals surface area contributed by atoms with Crippen LogP contribution in [-0.4, -0.2) is 61.1 Å². The molecule has 1 aromatic carbocycles. The van der Waals surface area contributed by atoms with Crippen LogP contribution in [0.25, 0.3) is 11.3 Å². The number of nitrogens with zero attached hydrogens (tertiary/aromatic N) is 7. The summed E-state index contributed by atoms with van der Waals surface area (Å²) < 4.78 is 4.88. The van der Waals surface area contributed by atoms with E-state index in [1.54, 1.807) is 41.8 Å². The Morgan fingerprint density at radius 1 is 1.10 bits per heavy atom. The van der Waals surface area contributed by atoms with Crippen LogP contribution in [0, 0.1) is 18.8 Å². The predicted molar refractivity (Wildman–Crippen MR) is 147 cm³/mol. The molecule has 2 aliphatic rings. The molecule has 1 aliphatic carbocycles. The number of nitrogens with one attached hydrogen (secondary N) is 1. The summed E-state index contributed by atoms with van der Waals surface area (Å²) in [6.07, 6.45) is 7.94. The average molecular weight is 527 g/mol. The van der Waals surface area contributed by atoms with Gasteiger partial charge in [-0.15, -0.1) is 5.10 Å². The molecule has 4 heterocycles. The first-order chi connectivity index (χ1) is 18.9. The number of hydrogen-bond donors (Lipinski definition) is 1. The quantitative estimate of drug-likeness (QED) is 0.385. The maximum absolute atomic E-state index is 13.6. The highest BCUT2D eigenvalue weighted by Crippen LogP contribution is 2.28. The zero-order valence-corrected chi connectivity index (χ0v) is 21.9. The van der Waals surface area contributed by atoms with E-state index in [4.69, 9.17) is 0 Å². The summed E-state index contributed by atoms with van der Waals surface area (Å²) in [6.45, 7) is 2.73. The molecule has 3 aromatic heterocycles. The summed E-state index contributed by atoms with van der Waals surface area (Å²) in [5.41, 5.74) is 1.69. The highest BCUT2D eigenvalue weighted by molar-refractivity contribution is 5.96. The van der Waals surface area contributed by atoms with Crippen molar-refractivity contribution < 1.29 is 9.59 Å². The number of aliphatic imine (C=N–C) groups is 1. The van der Waals surface area contributed by atoms with Gasteiger partial charge in [0.25, 0.3) is 11.5 Å². The first-order valence-electron chi connectivity index (χ1n) is 13.2. The number of carbonyl (C=O) groups excluding carboxylic acids is 2. The molecule has 0 radical (unpaired) electrons. The Balaban J connectivity index is 1.28. The number of hydrogen-bond acceptors (Lipinski definition) is 6. The van der Waals surface area contributed by atoms with Gasteiger partial charge in [0.05, 0.1) is 17.4 Å². The number of fused-ring (bicyclic) bond motifs is 1. The van der Waals surface area contributed by atoms with E-state index in [1.807, 2.05) is 42.5 Å². The molecule has 2 fully saturated rings. The number of anilines is 1. The molecule has 6 rings (SSSR count). The summed E-state index contributed by atoms with van der Waals surface area (Å²) in [6, 6.07) is 12.6. The molecule has 11 heteroatoms. The third-order valence-electron chi connectivity index (χ3n) is 7.88. The van der Waals surface area contributed by atoms with Crippen molar-refractivity contribution in [1.82, 2.24) is 29.3 Å². The van der Waals surface area contributed by atoms with Crippen LogP contribution in [0.3, 0.4) is 0 Å². The maximum Gasteiger partial charge on any atom is 0.284 e. The minimum Gasteiger partial charge on any atom is -0.352 e. The average Bonchev–Trinajstić information content (AvgIpc) is 3.58. The summed E-state index contributed by atoms with van der Waals surface area (Å²) in [5, 5.41) is 7.72. The topological polar surface area (TPSA) is 119 Å². The van der Waals surface area contributed by atoms with E-state index in [0.29, 0.717) is 24.5 Å². The predicted octanol–water partition coefficient (Wildman–Crippen LogP) is 2.16. The van der Waals surface area contributed by atoms with Gasteiger partial charge >= 0.3 is 0 Å². The second-order valence-corrected chi connectivity index (χ2v) is 10.3. The molecule has 39 heavy (non-hydrogen) atoms. The molecule has 0 spiro atoms. The standard InChI is InChI=1S/C28H30N8O3/c1-18-25(28(39)36(33(18)2)21-9-4-3-5-10-21)27(38)31-22-17-34(24-12-11-23-29-13-14-35(23)32-24)16-20(22)15-30-26(37)19-7-6-8-19/h3-5,9-15,19-20,22H,6-8,16-17H2,1-2H3,(H,31,38)/t20?,22-/m1/s1. The van der Waals surface area contributed by atoms with E-state index in [1.165, 1.54) is 4.68 Å². The third kappa shape index (κ3) is 4.53. The fourth-order valence-electron chi connectivity index (χ4n) is 5.29. The Kier molecular flexibility index (Phi) is 6.34. The molecule has 1 unspecified atom stereocenters. The molecule has 1 saturated heterocycles. The lowest BCUT2D eigenvalue weighted by atomic mass is 9.85. The van der Waals surface area contributed by atoms with Crippen molar-refractivity contribution in [2.75, 3.05) is 18.0 Å². The minimum atomic E-state index is -0.448. The molecule has 1 aliphatic heterocycles. The summed E-state index contributed by atoms with van der Waals surface area (Å²) >= 11 is 0. The van der Waals surface area contributed by atoms with E-state index >= 15 is 0 Å². The van der Waals surface area contributed by atoms with Gasteiger partial charge in [-0.25, -0.2) is 19.2 Å². The molecule has 1 saturated carbocycles. The van der Waals surface area contributed by atoms with E-state index in [-0.39, 0.29) is 34.9 Å². The van der Waals surface area contributed by atoms with E-state index in [2.05, 4.69) is 25.3 Å². The van der Waals surface area contributed by atoms with Gasteiger partial charge in [-0.3, -0.25) is 19.1 Å². The Morgan fingerprint density at radius 3 is 2.64 bits per heavy atom. The molecule has 200 valence electrons. The van der Waals surface area contributed by atoms with Crippen LogP contribution in [0.1, 0.15) is 35.3 Å². The van der Waals surface area contributed by atoms with Crippen molar-refractivity contribution in [2.45, 2.75) is 32.2 Å². The lowest BCUT2D eigenvalue weighted by molar-refractivity contribution is -0.123. The summed E-state index contributed by atoms with van der Waals surface area (Å²) in [7, 11) is 1.76. The summed E-state index contributed by atoms with van der Waals surface area (Å²) in [5.74, 6) is -0.0637. The number of carbonyl (C=O) groups is 2. The van der Waals surface area contributed by atoms with E-state index in [9.17, 15) is 14.4 Å². The lowest BCUT2D eigenvalue weighted by Crippen LogP contribution is -2.43. The number of aromatic nitrogens is 5. The fourth-order valence-corrected chi connectivity index (χ4v) is 5.29. The van der Waals surface area contributed by atoms with Gasteiger partial charge in [0.15, 0.2) is 5.65 Å². The second kappa shape index (κ2) is 9.97. The van der Waals surface area contributed by atoms with Crippen molar-refractivity contribution in [2.24, 2.45) is 23.9 Å². The summed E-state index contributed by atoms with van der Waals surface area (Å²) in [4.78, 5) is 50.0. The lowest BCUT2D eigenvalue weighted by Gasteiger charge is -2.21. The van der Waals surface area contributed by atoms with Crippen LogP contribution in [-0.2, 0) is 11.8 Å². The molecule has 11 nitrogen and oxygen atoms in total. The molecule has 0 bridgehead atoms. The highest BCUT2D eigenvalue weighted by Gasteiger charge is 2.36. The van der Waals surface area contributed by atoms with Gasteiger partial charge in [-0.2, -0.15) is 0 Å². The van der Waals surface area contributed by atoms with Gasteiger partial charge in [0.2, 0.25) is 5.91 Å². The normalized spacial score (nSPS) is 19.6. The van der Waals surface area contributed by atoms with Crippen molar-refractivity contribution in [3.63, 3.8) is 0 Å². The first-order valence-corrected chi connectivity index (χ1v) is 13.2. The van der Waals surface area contributed by atoms with Crippen LogP contribution in [0.15, 0.2) is 64.6 Å². The van der Waals surface area contributed by atoms with Gasteiger partial charge in [0, 0.05) is 50.6 Å². The van der Waals surface area contributed by atoms with Gasteiger partial charge < -0.3 is 10.2 Å². The zero-order chi connectivity index (χ0) is 27.1. The van der Waals surface area contributed by atoms with Crippen LogP contribution < -0.4 is 15.8 Å². The Labute approximate surface area is 224 Å². The van der Waals surface area contributed by atoms with Crippen molar-refractivity contribution in [3.05, 3.63) is 76.5 Å². The fraction of sp³-hybridized carbons (Fsp3) is 0.357. The minimum absolute atomic E-state index is 0.000495. The number of amides is 2. The molecular weight excluding hydrogens is 496 g/mol. The van der Waals surface area contributed by atoms with Crippen LogP contribution in [0.4, 0.5) is 5.82 Å². The number of rotatable bonds is 6. The van der Waals surface area contributed by atoms with E-state index < -0.39 is 5.91 Å². The molecule has 2 amide bonds.